The fraction of sp³-hybridized carbons (Fsp3) is 0.350. The standard InChI is InChI=1S/C20H24N4O3/c1-20(2,3)27-19(25)24(4)12-13-26-18-14-22-11-9-15(18)7-8-17-16(21)6-5-10-23-17/h5-6,9-11,14H,12-13,21H2,1-4H3. The molecule has 2 aromatic rings. The van der Waals surface area contributed by atoms with Crippen LogP contribution in [0.1, 0.15) is 32.0 Å². The second kappa shape index (κ2) is 8.90. The van der Waals surface area contributed by atoms with Crippen molar-refractivity contribution in [2.45, 2.75) is 26.4 Å². The summed E-state index contributed by atoms with van der Waals surface area (Å²) in [6.45, 7) is 6.12. The summed E-state index contributed by atoms with van der Waals surface area (Å²) in [4.78, 5) is 21.6. The highest BCUT2D eigenvalue weighted by Crippen LogP contribution is 2.16. The second-order valence-corrected chi connectivity index (χ2v) is 6.81. The monoisotopic (exact) mass is 368 g/mol. The Morgan fingerprint density at radius 2 is 2.04 bits per heavy atom. The topological polar surface area (TPSA) is 90.6 Å². The van der Waals surface area contributed by atoms with Crippen LogP contribution in [0.2, 0.25) is 0 Å². The predicted molar refractivity (Wildman–Crippen MR) is 103 cm³/mol. The Bertz CT molecular complexity index is 850. The molecule has 1 amide bonds. The third-order valence-corrected chi connectivity index (χ3v) is 3.33. The molecule has 2 N–H and O–H groups in total. The zero-order valence-electron chi connectivity index (χ0n) is 16.0. The molecule has 2 rings (SSSR count). The van der Waals surface area contributed by atoms with Crippen molar-refractivity contribution in [2.75, 3.05) is 25.9 Å². The highest BCUT2D eigenvalue weighted by Gasteiger charge is 2.19. The van der Waals surface area contributed by atoms with E-state index in [-0.39, 0.29) is 6.61 Å². The molecule has 0 aromatic carbocycles. The third kappa shape index (κ3) is 6.51. The number of anilines is 1. The Balaban J connectivity index is 1.99. The van der Waals surface area contributed by atoms with Gasteiger partial charge in [0.1, 0.15) is 17.9 Å². The van der Waals surface area contributed by atoms with Gasteiger partial charge in [0.15, 0.2) is 5.75 Å². The summed E-state index contributed by atoms with van der Waals surface area (Å²) in [7, 11) is 1.66. The number of likely N-dealkylation sites (N-methyl/N-ethyl adjacent to an activating group) is 1. The summed E-state index contributed by atoms with van der Waals surface area (Å²) in [5.74, 6) is 6.46. The molecule has 27 heavy (non-hydrogen) atoms. The van der Waals surface area contributed by atoms with Gasteiger partial charge in [-0.15, -0.1) is 0 Å². The van der Waals surface area contributed by atoms with Crippen molar-refractivity contribution in [1.82, 2.24) is 14.9 Å². The van der Waals surface area contributed by atoms with E-state index in [2.05, 4.69) is 21.8 Å². The molecular formula is C20H24N4O3. The van der Waals surface area contributed by atoms with Crippen LogP contribution in [0.25, 0.3) is 0 Å². The minimum absolute atomic E-state index is 0.280. The predicted octanol–water partition coefficient (Wildman–Crippen LogP) is 2.70. The van der Waals surface area contributed by atoms with Gasteiger partial charge in [0, 0.05) is 19.4 Å². The molecule has 0 bridgehead atoms. The number of pyridine rings is 2. The highest BCUT2D eigenvalue weighted by molar-refractivity contribution is 5.67. The average Bonchev–Trinajstić information content (AvgIpc) is 2.60. The molecule has 0 aliphatic rings. The van der Waals surface area contributed by atoms with E-state index in [9.17, 15) is 4.79 Å². The normalized spacial score (nSPS) is 10.5. The second-order valence-electron chi connectivity index (χ2n) is 6.81. The van der Waals surface area contributed by atoms with Crippen molar-refractivity contribution in [3.63, 3.8) is 0 Å². The summed E-state index contributed by atoms with van der Waals surface area (Å²) < 4.78 is 11.0. The van der Waals surface area contributed by atoms with Gasteiger partial charge in [0.25, 0.3) is 0 Å². The molecule has 0 spiro atoms. The minimum atomic E-state index is -0.536. The van der Waals surface area contributed by atoms with Crippen molar-refractivity contribution in [2.24, 2.45) is 0 Å². The first-order chi connectivity index (χ1) is 12.8. The molecule has 7 nitrogen and oxygen atoms in total. The van der Waals surface area contributed by atoms with E-state index in [0.29, 0.717) is 29.2 Å². The van der Waals surface area contributed by atoms with E-state index >= 15 is 0 Å². The molecule has 0 saturated carbocycles. The van der Waals surface area contributed by atoms with Crippen LogP contribution in [0.15, 0.2) is 36.8 Å². The molecule has 0 radical (unpaired) electrons. The SMILES string of the molecule is CN(CCOc1cnccc1C#Cc1ncccc1N)C(=O)OC(C)(C)C. The number of nitrogens with zero attached hydrogens (tertiary/aromatic N) is 3. The highest BCUT2D eigenvalue weighted by atomic mass is 16.6. The maximum atomic E-state index is 12.0. The zero-order valence-corrected chi connectivity index (χ0v) is 16.0. The summed E-state index contributed by atoms with van der Waals surface area (Å²) in [5.41, 5.74) is 7.00. The number of nitrogens with two attached hydrogens (primary N) is 1. The number of ether oxygens (including phenoxy) is 2. The van der Waals surface area contributed by atoms with Crippen LogP contribution in [0.4, 0.5) is 10.5 Å². The Morgan fingerprint density at radius 3 is 2.74 bits per heavy atom. The van der Waals surface area contributed by atoms with Crippen molar-refractivity contribution >= 4 is 11.8 Å². The van der Waals surface area contributed by atoms with Crippen molar-refractivity contribution in [3.05, 3.63) is 48.0 Å². The van der Waals surface area contributed by atoms with Crippen LogP contribution >= 0.6 is 0 Å². The number of hydrogen-bond acceptors (Lipinski definition) is 6. The van der Waals surface area contributed by atoms with Gasteiger partial charge in [-0.05, 0) is 44.9 Å². The van der Waals surface area contributed by atoms with Crippen LogP contribution in [0.3, 0.4) is 0 Å². The lowest BCUT2D eigenvalue weighted by Gasteiger charge is -2.24. The molecule has 0 aliphatic carbocycles. The maximum absolute atomic E-state index is 12.0. The van der Waals surface area contributed by atoms with Gasteiger partial charge in [-0.3, -0.25) is 4.98 Å². The van der Waals surface area contributed by atoms with E-state index in [0.717, 1.165) is 0 Å². The fourth-order valence-corrected chi connectivity index (χ4v) is 1.97. The van der Waals surface area contributed by atoms with E-state index in [1.54, 1.807) is 43.8 Å². The number of carbonyl (C=O) groups is 1. The summed E-state index contributed by atoms with van der Waals surface area (Å²) >= 11 is 0. The van der Waals surface area contributed by atoms with E-state index in [1.165, 1.54) is 4.90 Å². The van der Waals surface area contributed by atoms with E-state index in [1.807, 2.05) is 20.8 Å². The van der Waals surface area contributed by atoms with E-state index in [4.69, 9.17) is 15.2 Å². The Morgan fingerprint density at radius 1 is 1.26 bits per heavy atom. The maximum Gasteiger partial charge on any atom is 0.410 e. The van der Waals surface area contributed by atoms with Gasteiger partial charge in [0.2, 0.25) is 0 Å². The lowest BCUT2D eigenvalue weighted by molar-refractivity contribution is 0.0278. The van der Waals surface area contributed by atoms with E-state index < -0.39 is 11.7 Å². The number of aromatic nitrogens is 2. The summed E-state index contributed by atoms with van der Waals surface area (Å²) in [6, 6.07) is 5.25. The summed E-state index contributed by atoms with van der Waals surface area (Å²) in [6.07, 6.45) is 4.45. The molecule has 142 valence electrons. The first-order valence-corrected chi connectivity index (χ1v) is 8.50. The molecule has 2 heterocycles. The van der Waals surface area contributed by atoms with Crippen molar-refractivity contribution in [3.8, 4) is 17.6 Å². The van der Waals surface area contributed by atoms with Gasteiger partial charge < -0.3 is 20.1 Å². The van der Waals surface area contributed by atoms with Crippen LogP contribution in [-0.2, 0) is 4.74 Å². The first-order valence-electron chi connectivity index (χ1n) is 8.50. The number of hydrogen-bond donors (Lipinski definition) is 1. The van der Waals surface area contributed by atoms with Crippen molar-refractivity contribution < 1.29 is 14.3 Å². The molecule has 7 heteroatoms. The molecule has 2 aromatic heterocycles. The third-order valence-electron chi connectivity index (χ3n) is 3.33. The lowest BCUT2D eigenvalue weighted by atomic mass is 10.2. The smallest absolute Gasteiger partial charge is 0.410 e. The van der Waals surface area contributed by atoms with Gasteiger partial charge >= 0.3 is 6.09 Å². The van der Waals surface area contributed by atoms with Gasteiger partial charge in [-0.1, -0.05) is 5.92 Å². The fourth-order valence-electron chi connectivity index (χ4n) is 1.97. The molecule has 0 unspecified atom stereocenters. The zero-order chi connectivity index (χ0) is 19.9. The number of rotatable bonds is 4. The van der Waals surface area contributed by atoms with Crippen LogP contribution in [0, 0.1) is 11.8 Å². The quantitative estimate of drug-likeness (QED) is 0.835. The molecule has 0 saturated heterocycles. The average molecular weight is 368 g/mol. The Hall–Kier alpha value is -3.27. The summed E-state index contributed by atoms with van der Waals surface area (Å²) in [5, 5.41) is 0. The Labute approximate surface area is 159 Å². The van der Waals surface area contributed by atoms with Gasteiger partial charge in [-0.25, -0.2) is 9.78 Å². The number of carbonyl (C=O) groups excluding carboxylic acids is 1. The molecule has 0 fully saturated rings. The first kappa shape index (κ1) is 20.0. The van der Waals surface area contributed by atoms with Crippen LogP contribution < -0.4 is 10.5 Å². The van der Waals surface area contributed by atoms with Crippen molar-refractivity contribution in [1.29, 1.82) is 0 Å². The molecule has 0 aliphatic heterocycles. The largest absolute Gasteiger partial charge is 0.489 e. The lowest BCUT2D eigenvalue weighted by Crippen LogP contribution is -2.36. The van der Waals surface area contributed by atoms with Gasteiger partial charge in [-0.2, -0.15) is 0 Å². The van der Waals surface area contributed by atoms with Gasteiger partial charge in [0.05, 0.1) is 24.0 Å². The Kier molecular flexibility index (Phi) is 6.61. The molecular weight excluding hydrogens is 344 g/mol. The van der Waals surface area contributed by atoms with Crippen LogP contribution in [-0.4, -0.2) is 46.8 Å². The minimum Gasteiger partial charge on any atom is -0.489 e. The number of nitrogen functional groups attached to an aromatic ring is 1. The number of amides is 1. The van der Waals surface area contributed by atoms with Crippen LogP contribution in [0.5, 0.6) is 5.75 Å². The molecule has 0 atom stereocenters.